The Bertz CT molecular complexity index is 313. The summed E-state index contributed by atoms with van der Waals surface area (Å²) in [5.41, 5.74) is 0. The summed E-state index contributed by atoms with van der Waals surface area (Å²) in [4.78, 5) is 0. The summed E-state index contributed by atoms with van der Waals surface area (Å²) in [5.74, 6) is 0. The average molecular weight is 314 g/mol. The molecule has 0 saturated carbocycles. The van der Waals surface area contributed by atoms with Crippen molar-refractivity contribution in [3.8, 4) is 0 Å². The third-order valence-corrected chi connectivity index (χ3v) is 3.55. The van der Waals surface area contributed by atoms with Crippen LogP contribution in [0.25, 0.3) is 0 Å². The van der Waals surface area contributed by atoms with E-state index < -0.39 is 68.1 Å². The molecule has 1 rings (SSSR count). The van der Waals surface area contributed by atoms with E-state index in [-0.39, 0.29) is 0 Å². The van der Waals surface area contributed by atoms with E-state index in [1.54, 1.807) is 0 Å². The molecule has 1 aliphatic heterocycles. The van der Waals surface area contributed by atoms with Gasteiger partial charge in [-0.2, -0.15) is 0 Å². The van der Waals surface area contributed by atoms with Crippen molar-refractivity contribution in [2.24, 2.45) is 0 Å². The second kappa shape index (κ2) is 7.74. The van der Waals surface area contributed by atoms with Crippen LogP contribution in [0.1, 0.15) is 0 Å². The van der Waals surface area contributed by atoms with Crippen LogP contribution in [0.2, 0.25) is 0 Å². The van der Waals surface area contributed by atoms with Crippen molar-refractivity contribution in [1.29, 1.82) is 0 Å². The summed E-state index contributed by atoms with van der Waals surface area (Å²) in [7, 11) is 0. The van der Waals surface area contributed by atoms with E-state index in [9.17, 15) is 35.7 Å². The molecule has 21 heavy (non-hydrogen) atoms. The van der Waals surface area contributed by atoms with Crippen LogP contribution in [0.3, 0.4) is 0 Å². The van der Waals surface area contributed by atoms with E-state index in [4.69, 9.17) is 14.9 Å². The molecule has 0 radical (unpaired) electrons. The minimum absolute atomic E-state index is 0.716. The fourth-order valence-electron chi connectivity index (χ4n) is 2.14. The van der Waals surface area contributed by atoms with Crippen LogP contribution >= 0.6 is 0 Å². The van der Waals surface area contributed by atoms with Crippen molar-refractivity contribution in [3.05, 3.63) is 0 Å². The van der Waals surface area contributed by atoms with Gasteiger partial charge >= 0.3 is 0 Å². The lowest BCUT2D eigenvalue weighted by atomic mass is 9.88. The molecule has 1 heterocycles. The smallest absolute Gasteiger partial charge is 0.115 e. The quantitative estimate of drug-likeness (QED) is 0.228. The second-order valence-electron chi connectivity index (χ2n) is 5.02. The molecule has 0 spiro atoms. The van der Waals surface area contributed by atoms with E-state index in [0.29, 0.717) is 0 Å². The minimum atomic E-state index is -2.01. The van der Waals surface area contributed by atoms with Gasteiger partial charge in [0.25, 0.3) is 0 Å². The number of hydrogen-bond donors (Lipinski definition) is 9. The largest absolute Gasteiger partial charge is 0.394 e. The van der Waals surface area contributed by atoms with Crippen LogP contribution in [0.15, 0.2) is 0 Å². The Morgan fingerprint density at radius 2 is 1.38 bits per heavy atom. The van der Waals surface area contributed by atoms with Crippen LogP contribution in [-0.4, -0.2) is 114 Å². The molecule has 0 amide bonds. The maximum atomic E-state index is 9.88. The molecule has 1 aliphatic rings. The summed E-state index contributed by atoms with van der Waals surface area (Å²) in [6, 6.07) is 0. The van der Waals surface area contributed by atoms with Gasteiger partial charge in [-0.05, 0) is 0 Å². The Morgan fingerprint density at radius 1 is 0.810 bits per heavy atom. The van der Waals surface area contributed by atoms with Crippen LogP contribution in [-0.2, 0) is 4.74 Å². The molecule has 9 unspecified atom stereocenters. The number of hydrogen-bond acceptors (Lipinski definition) is 10. The molecule has 126 valence electrons. The first kappa shape index (κ1) is 18.6. The first-order chi connectivity index (χ1) is 9.76. The third-order valence-electron chi connectivity index (χ3n) is 3.55. The van der Waals surface area contributed by atoms with Crippen molar-refractivity contribution >= 4 is 0 Å². The topological polar surface area (TPSA) is 191 Å². The third kappa shape index (κ3) is 3.87. The Balaban J connectivity index is 2.82. The number of ether oxygens (including phenoxy) is 1. The molecule has 10 heteroatoms. The van der Waals surface area contributed by atoms with Gasteiger partial charge in [-0.1, -0.05) is 0 Å². The first-order valence-corrected chi connectivity index (χ1v) is 6.39. The molecule has 0 bridgehead atoms. The van der Waals surface area contributed by atoms with Gasteiger partial charge in [0.2, 0.25) is 0 Å². The molecule has 9 atom stereocenters. The molecule has 0 aromatic rings. The van der Waals surface area contributed by atoms with Crippen LogP contribution in [0, 0.1) is 0 Å². The lowest BCUT2D eigenvalue weighted by molar-refractivity contribution is -0.263. The Kier molecular flexibility index (Phi) is 6.87. The minimum Gasteiger partial charge on any atom is -0.394 e. The average Bonchev–Trinajstić information content (AvgIpc) is 2.50. The van der Waals surface area contributed by atoms with Crippen LogP contribution in [0.4, 0.5) is 0 Å². The van der Waals surface area contributed by atoms with Gasteiger partial charge in [-0.25, -0.2) is 0 Å². The highest BCUT2D eigenvalue weighted by molar-refractivity contribution is 4.97. The van der Waals surface area contributed by atoms with Crippen molar-refractivity contribution in [2.75, 3.05) is 13.2 Å². The van der Waals surface area contributed by atoms with Crippen molar-refractivity contribution in [2.45, 2.75) is 54.9 Å². The van der Waals surface area contributed by atoms with Gasteiger partial charge in [-0.15, -0.1) is 0 Å². The van der Waals surface area contributed by atoms with Gasteiger partial charge in [0.05, 0.1) is 13.2 Å². The van der Waals surface area contributed by atoms with Crippen molar-refractivity contribution in [3.63, 3.8) is 0 Å². The predicted octanol–water partition coefficient (Wildman–Crippen LogP) is -5.74. The van der Waals surface area contributed by atoms with Crippen LogP contribution in [0.5, 0.6) is 0 Å². The molecular formula is C11H22O10. The van der Waals surface area contributed by atoms with E-state index in [1.165, 1.54) is 0 Å². The Labute approximate surface area is 120 Å². The van der Waals surface area contributed by atoms with Gasteiger partial charge < -0.3 is 50.7 Å². The maximum absolute atomic E-state index is 9.88. The van der Waals surface area contributed by atoms with E-state index in [0.717, 1.165) is 0 Å². The molecule has 0 aliphatic carbocycles. The SMILES string of the molecule is OCC(O)C(O)C(O)C(O)C1OC(CO)C(O)C(O)C1O. The zero-order chi connectivity index (χ0) is 16.3. The molecular weight excluding hydrogens is 292 g/mol. The van der Waals surface area contributed by atoms with Crippen molar-refractivity contribution < 1.29 is 50.7 Å². The van der Waals surface area contributed by atoms with Gasteiger partial charge in [0.15, 0.2) is 0 Å². The normalized spacial score (nSPS) is 39.6. The fraction of sp³-hybridized carbons (Fsp3) is 1.00. The van der Waals surface area contributed by atoms with Gasteiger partial charge in [0, 0.05) is 0 Å². The fourth-order valence-corrected chi connectivity index (χ4v) is 2.14. The monoisotopic (exact) mass is 314 g/mol. The predicted molar refractivity (Wildman–Crippen MR) is 64.9 cm³/mol. The summed E-state index contributed by atoms with van der Waals surface area (Å²) in [6.45, 7) is -1.59. The summed E-state index contributed by atoms with van der Waals surface area (Å²) >= 11 is 0. The number of rotatable bonds is 6. The Hall–Kier alpha value is -0.400. The molecule has 0 aromatic carbocycles. The maximum Gasteiger partial charge on any atom is 0.115 e. The molecule has 0 aromatic heterocycles. The Morgan fingerprint density at radius 3 is 1.86 bits per heavy atom. The van der Waals surface area contributed by atoms with E-state index >= 15 is 0 Å². The standard InChI is InChI=1S/C11H22O10/c12-1-3(14)5(15)7(17)9(19)11-10(20)8(18)6(16)4(2-13)21-11/h3-20H,1-2H2. The zero-order valence-corrected chi connectivity index (χ0v) is 11.0. The van der Waals surface area contributed by atoms with Crippen molar-refractivity contribution in [1.82, 2.24) is 0 Å². The molecule has 1 fully saturated rings. The highest BCUT2D eigenvalue weighted by Gasteiger charge is 2.48. The summed E-state index contributed by atoms with van der Waals surface area (Å²) in [5, 5.41) is 84.8. The summed E-state index contributed by atoms with van der Waals surface area (Å²) in [6.07, 6.45) is -15.7. The highest BCUT2D eigenvalue weighted by atomic mass is 16.6. The molecule has 9 N–H and O–H groups in total. The number of aliphatic hydroxyl groups excluding tert-OH is 9. The van der Waals surface area contributed by atoms with Crippen LogP contribution < -0.4 is 0 Å². The van der Waals surface area contributed by atoms with Gasteiger partial charge in [-0.3, -0.25) is 0 Å². The molecule has 10 nitrogen and oxygen atoms in total. The van der Waals surface area contributed by atoms with E-state index in [1.807, 2.05) is 0 Å². The lowest BCUT2D eigenvalue weighted by Gasteiger charge is -2.43. The summed E-state index contributed by atoms with van der Waals surface area (Å²) < 4.78 is 5.00. The molecule has 1 saturated heterocycles. The first-order valence-electron chi connectivity index (χ1n) is 6.39. The number of aliphatic hydroxyl groups is 9. The van der Waals surface area contributed by atoms with Gasteiger partial charge in [0.1, 0.15) is 54.9 Å². The zero-order valence-electron chi connectivity index (χ0n) is 11.0. The van der Waals surface area contributed by atoms with E-state index in [2.05, 4.69) is 0 Å². The highest BCUT2D eigenvalue weighted by Crippen LogP contribution is 2.25. The lowest BCUT2D eigenvalue weighted by Crippen LogP contribution is -2.64. The second-order valence-corrected chi connectivity index (χ2v) is 5.02.